The molecule has 0 aliphatic carbocycles. The molecule has 12 aromatic rings. The van der Waals surface area contributed by atoms with E-state index in [4.69, 9.17) is 53.5 Å². The molecule has 0 amide bonds. The van der Waals surface area contributed by atoms with Crippen molar-refractivity contribution in [1.29, 1.82) is 0 Å². The number of aromatic nitrogens is 6. The zero-order valence-corrected chi connectivity index (χ0v) is 38.7. The van der Waals surface area contributed by atoms with Crippen LogP contribution in [0.25, 0.3) is 96.8 Å². The molecular formula is C54H34BCl3N6O2S2. The molecule has 0 aliphatic heterocycles. The maximum atomic E-state index is 9.31. The summed E-state index contributed by atoms with van der Waals surface area (Å²) in [5, 5.41) is 22.9. The summed E-state index contributed by atoms with van der Waals surface area (Å²) in [4.78, 5) is 25.2. The average molecular weight is 990 g/mol. The Hall–Kier alpha value is -6.93. The van der Waals surface area contributed by atoms with Crippen molar-refractivity contribution in [3.8, 4) is 56.4 Å². The van der Waals surface area contributed by atoms with Crippen LogP contribution in [0.15, 0.2) is 194 Å². The van der Waals surface area contributed by atoms with Crippen LogP contribution in [0.2, 0.25) is 15.9 Å². The Kier molecular flexibility index (Phi) is 10.2. The maximum Gasteiger partial charge on any atom is 0.489 e. The van der Waals surface area contributed by atoms with E-state index in [0.717, 1.165) is 35.8 Å². The van der Waals surface area contributed by atoms with E-state index in [2.05, 4.69) is 49.2 Å². The van der Waals surface area contributed by atoms with Crippen molar-refractivity contribution in [2.45, 2.75) is 0 Å². The van der Waals surface area contributed by atoms with E-state index in [-0.39, 0.29) is 62.8 Å². The minimum absolute atomic E-state index is 0.00558. The van der Waals surface area contributed by atoms with Gasteiger partial charge in [-0.15, -0.1) is 22.7 Å². The van der Waals surface area contributed by atoms with Gasteiger partial charge in [-0.25, -0.2) is 4.98 Å². The molecule has 4 heterocycles. The quantitative estimate of drug-likeness (QED) is 0.158. The molecule has 8 aromatic carbocycles. The molecule has 2 N–H and O–H groups in total. The van der Waals surface area contributed by atoms with E-state index < -0.39 is 43.4 Å². The minimum Gasteiger partial charge on any atom is -0.423 e. The number of benzene rings is 8. The molecule has 0 fully saturated rings. The van der Waals surface area contributed by atoms with Gasteiger partial charge in [0.15, 0.2) is 17.5 Å². The number of thiophene rings is 2. The Morgan fingerprint density at radius 1 is 0.382 bits per heavy atom. The molecule has 0 saturated heterocycles. The number of hydrogen-bond acceptors (Lipinski definition) is 10. The van der Waals surface area contributed by atoms with Gasteiger partial charge >= 0.3 is 7.12 Å². The van der Waals surface area contributed by atoms with E-state index >= 15 is 0 Å². The van der Waals surface area contributed by atoms with Crippen LogP contribution in [0.5, 0.6) is 0 Å². The zero-order valence-electron chi connectivity index (χ0n) is 44.8. The first-order valence-electron chi connectivity index (χ1n) is 25.4. The Morgan fingerprint density at radius 2 is 0.765 bits per heavy atom. The molecule has 14 heteroatoms. The van der Waals surface area contributed by atoms with Gasteiger partial charge in [-0.1, -0.05) is 176 Å². The summed E-state index contributed by atoms with van der Waals surface area (Å²) in [6.45, 7) is 0. The van der Waals surface area contributed by atoms with Crippen molar-refractivity contribution in [2.75, 3.05) is 0 Å². The highest BCUT2D eigenvalue weighted by molar-refractivity contribution is 7.27. The Morgan fingerprint density at radius 3 is 1.29 bits per heavy atom. The fourth-order valence-electron chi connectivity index (χ4n) is 7.49. The van der Waals surface area contributed by atoms with Gasteiger partial charge in [0.1, 0.15) is 0 Å². The van der Waals surface area contributed by atoms with Gasteiger partial charge in [-0.05, 0) is 86.1 Å². The largest absolute Gasteiger partial charge is 0.489 e. The van der Waals surface area contributed by atoms with E-state index in [1.165, 1.54) is 10.1 Å². The van der Waals surface area contributed by atoms with Crippen LogP contribution in [0.3, 0.4) is 0 Å². The van der Waals surface area contributed by atoms with Crippen molar-refractivity contribution < 1.29 is 23.8 Å². The first kappa shape index (κ1) is 34.4. The van der Waals surface area contributed by atoms with Crippen molar-refractivity contribution in [3.63, 3.8) is 0 Å². The number of fused-ring (bicyclic) bond motifs is 6. The van der Waals surface area contributed by atoms with Crippen molar-refractivity contribution >= 4 is 110 Å². The second-order valence-corrected chi connectivity index (χ2v) is 17.6. The molecule has 0 bridgehead atoms. The molecule has 328 valence electrons. The molecule has 0 aliphatic rings. The summed E-state index contributed by atoms with van der Waals surface area (Å²) < 4.78 is 85.0. The highest BCUT2D eigenvalue weighted by Gasteiger charge is 2.19. The molecule has 0 unspecified atom stereocenters. The lowest BCUT2D eigenvalue weighted by Crippen LogP contribution is -2.29. The molecule has 0 atom stereocenters. The van der Waals surface area contributed by atoms with Crippen LogP contribution in [0, 0.1) is 0 Å². The molecule has 68 heavy (non-hydrogen) atoms. The van der Waals surface area contributed by atoms with Crippen molar-refractivity contribution in [2.24, 2.45) is 0 Å². The van der Waals surface area contributed by atoms with Gasteiger partial charge < -0.3 is 10.0 Å². The van der Waals surface area contributed by atoms with Crippen LogP contribution in [-0.2, 0) is 0 Å². The van der Waals surface area contributed by atoms with Gasteiger partial charge in [-0.3, -0.25) is 0 Å². The number of nitrogens with zero attached hydrogens (tertiary/aromatic N) is 6. The smallest absolute Gasteiger partial charge is 0.423 e. The third kappa shape index (κ3) is 9.47. The Bertz CT molecular complexity index is 4290. The van der Waals surface area contributed by atoms with Gasteiger partial charge in [-0.2, -0.15) is 24.9 Å². The van der Waals surface area contributed by atoms with E-state index in [0.29, 0.717) is 33.5 Å². The highest BCUT2D eigenvalue weighted by atomic mass is 35.5. The molecule has 0 saturated carbocycles. The molecular weight excluding hydrogens is 946 g/mol. The molecule has 8 nitrogen and oxygen atoms in total. The molecule has 0 spiro atoms. The first-order chi connectivity index (χ1) is 37.4. The fraction of sp³-hybridized carbons (Fsp3) is 0. The molecule has 0 radical (unpaired) electrons. The Labute approximate surface area is 428 Å². The highest BCUT2D eigenvalue weighted by Crippen LogP contribution is 2.40. The van der Waals surface area contributed by atoms with Crippen molar-refractivity contribution in [3.05, 3.63) is 210 Å². The summed E-state index contributed by atoms with van der Waals surface area (Å²) in [5.41, 5.74) is 3.21. The third-order valence-electron chi connectivity index (χ3n) is 10.4. The third-order valence-corrected chi connectivity index (χ3v) is 13.4. The standard InChI is InChI=1S/C27H16ClN3S.C15H9Cl2N3.C12H9BO2S/c28-27-30-25(21-13-5-4-11-18(21)17-9-2-1-3-10-17)29-26(31-27)22-15-8-14-20-19-12-6-7-16-23(19)32-24(20)22;16-14-18-13(19-15(17)20-14)12-9-5-4-8-11(12)10-6-2-1-3-7-10;14-13(15)10-6-3-5-9-8-4-1-2-7-11(8)16-12(9)10/h1-16H;1-9H;1-7,14-15H/i1D,2D,3D,9D,10D;1D,2D,3D,6D,7D;. The summed E-state index contributed by atoms with van der Waals surface area (Å²) >= 11 is 21.3. The normalized spacial score (nSPS) is 13.1. The van der Waals surface area contributed by atoms with E-state index in [9.17, 15) is 10.0 Å². The van der Waals surface area contributed by atoms with Crippen molar-refractivity contribution in [1.82, 2.24) is 29.9 Å². The number of hydrogen-bond donors (Lipinski definition) is 2. The van der Waals surface area contributed by atoms with Crippen LogP contribution in [0.1, 0.15) is 13.7 Å². The summed E-state index contributed by atoms with van der Waals surface area (Å²) in [6, 6.07) is 37.7. The average Bonchev–Trinajstić information content (AvgIpc) is 4.13. The van der Waals surface area contributed by atoms with E-state index in [1.54, 1.807) is 77.3 Å². The number of halogens is 3. The summed E-state index contributed by atoms with van der Waals surface area (Å²) in [6.07, 6.45) is 0. The van der Waals surface area contributed by atoms with Gasteiger partial charge in [0.2, 0.25) is 15.9 Å². The van der Waals surface area contributed by atoms with E-state index in [1.807, 2.05) is 54.6 Å². The first-order valence-corrected chi connectivity index (χ1v) is 23.2. The molecule has 4 aromatic heterocycles. The zero-order chi connectivity index (χ0) is 55.3. The van der Waals surface area contributed by atoms with Gasteiger partial charge in [0.05, 0.1) is 13.7 Å². The SMILES string of the molecule is OB(O)c1cccc2c1sc1ccccc12.[2H]c1c([2H])c([2H])c(-c2ccccc2-c2nc(Cl)nc(-c3cccc4c3sc3ccccc34)n2)c([2H])c1[2H].[2H]c1c([2H])c([2H])c(-c2ccccc2-c2nc(Cl)nc(Cl)n2)c([2H])c1[2H]. The monoisotopic (exact) mass is 988 g/mol. The van der Waals surface area contributed by atoms with Crippen LogP contribution >= 0.6 is 57.5 Å². The predicted molar refractivity (Wildman–Crippen MR) is 284 cm³/mol. The fourth-order valence-corrected chi connectivity index (χ4v) is 10.5. The van der Waals surface area contributed by atoms with Crippen LogP contribution in [-0.4, -0.2) is 47.1 Å². The maximum absolute atomic E-state index is 9.31. The van der Waals surface area contributed by atoms with Gasteiger partial charge in [0.25, 0.3) is 0 Å². The Balaban J connectivity index is 0.000000144. The van der Waals surface area contributed by atoms with Gasteiger partial charge in [0, 0.05) is 51.6 Å². The summed E-state index contributed by atoms with van der Waals surface area (Å²) in [5.74, 6) is 0.783. The lowest BCUT2D eigenvalue weighted by atomic mass is 9.80. The lowest BCUT2D eigenvalue weighted by molar-refractivity contribution is 0.426. The predicted octanol–water partition coefficient (Wildman–Crippen LogP) is 14.1. The molecule has 12 rings (SSSR count). The second-order valence-electron chi connectivity index (χ2n) is 14.5. The lowest BCUT2D eigenvalue weighted by Gasteiger charge is -2.10. The summed E-state index contributed by atoms with van der Waals surface area (Å²) in [7, 11) is -1.41. The minimum atomic E-state index is -1.41. The van der Waals surface area contributed by atoms with Crippen LogP contribution in [0.4, 0.5) is 0 Å². The van der Waals surface area contributed by atoms with Crippen LogP contribution < -0.4 is 5.46 Å². The second kappa shape index (κ2) is 20.1. The number of rotatable bonds is 6. The topological polar surface area (TPSA) is 118 Å².